The molecule has 84 valence electrons. The standard InChI is InChI=1S/C10H8N2O3.ClH/c1-12-5-11-8-3-2-6(10(14)15)4-7(8)9(12)13;/h2-5H,1H3,(H,14,15);1H. The van der Waals surface area contributed by atoms with E-state index >= 15 is 0 Å². The molecular weight excluding hydrogens is 232 g/mol. The third-order valence-electron chi connectivity index (χ3n) is 2.16. The van der Waals surface area contributed by atoms with Crippen molar-refractivity contribution in [2.45, 2.75) is 0 Å². The predicted octanol–water partition coefficient (Wildman–Crippen LogP) is 1.05. The fourth-order valence-corrected chi connectivity index (χ4v) is 1.34. The van der Waals surface area contributed by atoms with E-state index in [9.17, 15) is 9.59 Å². The van der Waals surface area contributed by atoms with Crippen LogP contribution in [0, 0.1) is 0 Å². The maximum absolute atomic E-state index is 11.6. The zero-order valence-electron chi connectivity index (χ0n) is 8.38. The molecule has 0 atom stereocenters. The number of halogens is 1. The van der Waals surface area contributed by atoms with Crippen LogP contribution in [0.2, 0.25) is 0 Å². The van der Waals surface area contributed by atoms with Gasteiger partial charge >= 0.3 is 5.97 Å². The van der Waals surface area contributed by atoms with Gasteiger partial charge in [-0.1, -0.05) is 0 Å². The first kappa shape index (κ1) is 12.2. The van der Waals surface area contributed by atoms with Gasteiger partial charge in [-0.15, -0.1) is 12.4 Å². The Bertz CT molecular complexity index is 607. The Morgan fingerprint density at radius 3 is 2.75 bits per heavy atom. The quantitative estimate of drug-likeness (QED) is 0.809. The van der Waals surface area contributed by atoms with Gasteiger partial charge in [0.05, 0.1) is 22.8 Å². The Hall–Kier alpha value is -1.88. The molecule has 5 nitrogen and oxygen atoms in total. The van der Waals surface area contributed by atoms with Gasteiger partial charge in [0.1, 0.15) is 0 Å². The first-order valence-electron chi connectivity index (χ1n) is 4.28. The molecule has 0 amide bonds. The van der Waals surface area contributed by atoms with E-state index in [1.54, 1.807) is 7.05 Å². The fourth-order valence-electron chi connectivity index (χ4n) is 1.34. The van der Waals surface area contributed by atoms with Crippen LogP contribution >= 0.6 is 12.4 Å². The number of carbonyl (C=O) groups is 1. The van der Waals surface area contributed by atoms with E-state index in [1.165, 1.54) is 29.1 Å². The summed E-state index contributed by atoms with van der Waals surface area (Å²) in [6.45, 7) is 0. The van der Waals surface area contributed by atoms with E-state index in [2.05, 4.69) is 4.98 Å². The Kier molecular flexibility index (Phi) is 3.29. The van der Waals surface area contributed by atoms with Crippen LogP contribution in [-0.4, -0.2) is 20.6 Å². The number of nitrogens with zero attached hydrogens (tertiary/aromatic N) is 2. The second-order valence-corrected chi connectivity index (χ2v) is 3.20. The van der Waals surface area contributed by atoms with E-state index in [0.717, 1.165) is 0 Å². The van der Waals surface area contributed by atoms with Crippen molar-refractivity contribution in [3.05, 3.63) is 40.4 Å². The monoisotopic (exact) mass is 240 g/mol. The highest BCUT2D eigenvalue weighted by Crippen LogP contribution is 2.09. The summed E-state index contributed by atoms with van der Waals surface area (Å²) < 4.78 is 1.31. The molecule has 0 unspecified atom stereocenters. The van der Waals surface area contributed by atoms with Gasteiger partial charge < -0.3 is 9.67 Å². The minimum Gasteiger partial charge on any atom is -0.478 e. The molecule has 6 heteroatoms. The molecule has 2 rings (SSSR count). The number of carboxylic acid groups (broad SMARTS) is 1. The summed E-state index contributed by atoms with van der Waals surface area (Å²) in [5.74, 6) is -1.05. The van der Waals surface area contributed by atoms with Crippen LogP contribution in [0.3, 0.4) is 0 Å². The molecule has 0 aliphatic carbocycles. The molecule has 1 aromatic heterocycles. The summed E-state index contributed by atoms with van der Waals surface area (Å²) >= 11 is 0. The number of aromatic carboxylic acids is 1. The molecule has 0 radical (unpaired) electrons. The number of carboxylic acids is 1. The molecule has 16 heavy (non-hydrogen) atoms. The van der Waals surface area contributed by atoms with Crippen LogP contribution in [0.5, 0.6) is 0 Å². The summed E-state index contributed by atoms with van der Waals surface area (Å²) in [6, 6.07) is 4.30. The number of hydrogen-bond acceptors (Lipinski definition) is 3. The lowest BCUT2D eigenvalue weighted by molar-refractivity contribution is 0.0697. The Morgan fingerprint density at radius 2 is 2.12 bits per heavy atom. The van der Waals surface area contributed by atoms with E-state index in [0.29, 0.717) is 10.9 Å². The number of aryl methyl sites for hydroxylation is 1. The molecule has 1 heterocycles. The average molecular weight is 241 g/mol. The topological polar surface area (TPSA) is 72.2 Å². The smallest absolute Gasteiger partial charge is 0.335 e. The van der Waals surface area contributed by atoms with Crippen molar-refractivity contribution in [1.82, 2.24) is 9.55 Å². The van der Waals surface area contributed by atoms with Gasteiger partial charge in [-0.3, -0.25) is 4.79 Å². The Balaban J connectivity index is 0.00000128. The van der Waals surface area contributed by atoms with Crippen LogP contribution in [0.25, 0.3) is 10.9 Å². The Morgan fingerprint density at radius 1 is 1.44 bits per heavy atom. The third-order valence-corrected chi connectivity index (χ3v) is 2.16. The minimum atomic E-state index is -1.05. The van der Waals surface area contributed by atoms with E-state index in [4.69, 9.17) is 5.11 Å². The summed E-state index contributed by atoms with van der Waals surface area (Å²) in [4.78, 5) is 26.4. The fraction of sp³-hybridized carbons (Fsp3) is 0.100. The zero-order chi connectivity index (χ0) is 11.0. The lowest BCUT2D eigenvalue weighted by atomic mass is 10.1. The second-order valence-electron chi connectivity index (χ2n) is 3.20. The highest BCUT2D eigenvalue weighted by atomic mass is 35.5. The number of hydrogen-bond donors (Lipinski definition) is 1. The average Bonchev–Trinajstić information content (AvgIpc) is 2.23. The zero-order valence-corrected chi connectivity index (χ0v) is 9.19. The van der Waals surface area contributed by atoms with Crippen molar-refractivity contribution < 1.29 is 9.90 Å². The molecule has 0 aliphatic rings. The molecule has 1 N–H and O–H groups in total. The Labute approximate surface area is 96.8 Å². The molecule has 0 saturated heterocycles. The van der Waals surface area contributed by atoms with Crippen molar-refractivity contribution in [3.8, 4) is 0 Å². The van der Waals surface area contributed by atoms with Crippen LogP contribution in [0.1, 0.15) is 10.4 Å². The van der Waals surface area contributed by atoms with Gasteiger partial charge in [-0.2, -0.15) is 0 Å². The van der Waals surface area contributed by atoms with Crippen molar-refractivity contribution in [2.24, 2.45) is 7.05 Å². The van der Waals surface area contributed by atoms with Crippen LogP contribution in [-0.2, 0) is 7.05 Å². The van der Waals surface area contributed by atoms with E-state index in [-0.39, 0.29) is 23.5 Å². The first-order valence-corrected chi connectivity index (χ1v) is 4.28. The number of rotatable bonds is 1. The molecular formula is C10H9ClN2O3. The highest BCUT2D eigenvalue weighted by Gasteiger charge is 2.07. The van der Waals surface area contributed by atoms with Gasteiger partial charge in [-0.05, 0) is 18.2 Å². The molecule has 0 aliphatic heterocycles. The first-order chi connectivity index (χ1) is 7.09. The molecule has 0 bridgehead atoms. The van der Waals surface area contributed by atoms with Gasteiger partial charge in [0.25, 0.3) is 5.56 Å². The van der Waals surface area contributed by atoms with E-state index < -0.39 is 5.97 Å². The third kappa shape index (κ3) is 1.90. The van der Waals surface area contributed by atoms with Crippen molar-refractivity contribution in [1.29, 1.82) is 0 Å². The number of benzene rings is 1. The largest absolute Gasteiger partial charge is 0.478 e. The molecule has 2 aromatic rings. The van der Waals surface area contributed by atoms with Crippen LogP contribution in [0.15, 0.2) is 29.3 Å². The lowest BCUT2D eigenvalue weighted by Crippen LogP contribution is -2.17. The van der Waals surface area contributed by atoms with Crippen molar-refractivity contribution in [2.75, 3.05) is 0 Å². The molecule has 0 spiro atoms. The van der Waals surface area contributed by atoms with Gasteiger partial charge in [0.15, 0.2) is 0 Å². The molecule has 1 aromatic carbocycles. The van der Waals surface area contributed by atoms with Gasteiger partial charge in [-0.25, -0.2) is 9.78 Å². The maximum Gasteiger partial charge on any atom is 0.335 e. The highest BCUT2D eigenvalue weighted by molar-refractivity contribution is 5.92. The molecule has 0 saturated carbocycles. The number of aromatic nitrogens is 2. The number of fused-ring (bicyclic) bond motifs is 1. The summed E-state index contributed by atoms with van der Waals surface area (Å²) in [6.07, 6.45) is 1.41. The SMILES string of the molecule is Cl.Cn1cnc2ccc(C(=O)O)cc2c1=O. The van der Waals surface area contributed by atoms with Gasteiger partial charge in [0, 0.05) is 7.05 Å². The summed E-state index contributed by atoms with van der Waals surface area (Å²) in [7, 11) is 1.57. The van der Waals surface area contributed by atoms with E-state index in [1.807, 2.05) is 0 Å². The van der Waals surface area contributed by atoms with Gasteiger partial charge in [0.2, 0.25) is 0 Å². The maximum atomic E-state index is 11.6. The lowest BCUT2D eigenvalue weighted by Gasteiger charge is -2.00. The van der Waals surface area contributed by atoms with Crippen LogP contribution < -0.4 is 5.56 Å². The van der Waals surface area contributed by atoms with Crippen molar-refractivity contribution in [3.63, 3.8) is 0 Å². The summed E-state index contributed by atoms with van der Waals surface area (Å²) in [5.41, 5.74) is 0.346. The summed E-state index contributed by atoms with van der Waals surface area (Å²) in [5, 5.41) is 9.09. The van der Waals surface area contributed by atoms with Crippen LogP contribution in [0.4, 0.5) is 0 Å². The minimum absolute atomic E-state index is 0. The van der Waals surface area contributed by atoms with Crippen molar-refractivity contribution >= 4 is 29.3 Å². The second kappa shape index (κ2) is 4.32. The molecule has 0 fully saturated rings. The normalized spacial score (nSPS) is 9.81. The predicted molar refractivity (Wildman–Crippen MR) is 61.2 cm³/mol.